The number of halogens is 2. The third kappa shape index (κ3) is 5.84. The minimum Gasteiger partial charge on any atom is -0.467 e. The molecule has 0 aliphatic carbocycles. The zero-order valence-electron chi connectivity index (χ0n) is 19.0. The van der Waals surface area contributed by atoms with Gasteiger partial charge >= 0.3 is 0 Å². The number of nitrogens with one attached hydrogen (secondary N) is 1. The van der Waals surface area contributed by atoms with Gasteiger partial charge in [0, 0.05) is 10.6 Å². The lowest BCUT2D eigenvalue weighted by atomic mass is 9.87. The molecule has 34 heavy (non-hydrogen) atoms. The Labute approximate surface area is 212 Å². The molecule has 2 aromatic carbocycles. The summed E-state index contributed by atoms with van der Waals surface area (Å²) in [6, 6.07) is 17.0. The molecule has 0 saturated heterocycles. The largest absolute Gasteiger partial charge is 0.467 e. The number of amides is 1. The van der Waals surface area contributed by atoms with Gasteiger partial charge in [-0.1, -0.05) is 80.0 Å². The van der Waals surface area contributed by atoms with Crippen LogP contribution in [0.15, 0.2) is 70.4 Å². The number of anilines is 1. The van der Waals surface area contributed by atoms with Gasteiger partial charge in [-0.2, -0.15) is 0 Å². The molecule has 1 amide bonds. The molecule has 0 aliphatic heterocycles. The highest BCUT2D eigenvalue weighted by Gasteiger charge is 2.19. The number of hydrogen-bond acceptors (Lipinski definition) is 5. The molecule has 4 rings (SSSR count). The summed E-state index contributed by atoms with van der Waals surface area (Å²) >= 11 is 13.4. The van der Waals surface area contributed by atoms with Gasteiger partial charge in [-0.3, -0.25) is 9.36 Å². The first-order chi connectivity index (χ1) is 16.2. The monoisotopic (exact) mass is 514 g/mol. The summed E-state index contributed by atoms with van der Waals surface area (Å²) in [5, 5.41) is 13.1. The normalized spacial score (nSPS) is 11.6. The fourth-order valence-corrected chi connectivity index (χ4v) is 4.53. The van der Waals surface area contributed by atoms with E-state index in [0.717, 1.165) is 11.3 Å². The van der Waals surface area contributed by atoms with Crippen molar-refractivity contribution in [3.8, 4) is 11.4 Å². The van der Waals surface area contributed by atoms with E-state index in [9.17, 15) is 4.79 Å². The number of aromatic nitrogens is 3. The molecule has 9 heteroatoms. The van der Waals surface area contributed by atoms with Crippen LogP contribution in [-0.2, 0) is 16.8 Å². The molecule has 0 radical (unpaired) electrons. The summed E-state index contributed by atoms with van der Waals surface area (Å²) < 4.78 is 7.51. The van der Waals surface area contributed by atoms with Crippen molar-refractivity contribution in [2.45, 2.75) is 37.9 Å². The average Bonchev–Trinajstić information content (AvgIpc) is 3.44. The number of nitrogens with zero attached hydrogens (tertiary/aromatic N) is 3. The number of carbonyl (C=O) groups is 1. The number of hydrogen-bond donors (Lipinski definition) is 1. The van der Waals surface area contributed by atoms with Crippen molar-refractivity contribution in [1.29, 1.82) is 0 Å². The van der Waals surface area contributed by atoms with E-state index >= 15 is 0 Å². The zero-order valence-corrected chi connectivity index (χ0v) is 21.3. The Balaban J connectivity index is 1.55. The Kier molecular flexibility index (Phi) is 7.36. The summed E-state index contributed by atoms with van der Waals surface area (Å²) in [6.07, 6.45) is 1.63. The van der Waals surface area contributed by atoms with Crippen LogP contribution in [0.5, 0.6) is 0 Å². The van der Waals surface area contributed by atoms with Crippen LogP contribution in [0, 0.1) is 0 Å². The van der Waals surface area contributed by atoms with E-state index in [-0.39, 0.29) is 17.1 Å². The molecular formula is C25H24Cl2N4O2S. The average molecular weight is 515 g/mol. The highest BCUT2D eigenvalue weighted by molar-refractivity contribution is 7.99. The van der Waals surface area contributed by atoms with Gasteiger partial charge in [0.1, 0.15) is 5.76 Å². The van der Waals surface area contributed by atoms with Gasteiger partial charge < -0.3 is 9.73 Å². The van der Waals surface area contributed by atoms with Crippen LogP contribution in [-0.4, -0.2) is 26.4 Å². The van der Waals surface area contributed by atoms with E-state index < -0.39 is 0 Å². The molecule has 6 nitrogen and oxygen atoms in total. The first-order valence-electron chi connectivity index (χ1n) is 10.6. The molecule has 0 unspecified atom stereocenters. The second-order valence-electron chi connectivity index (χ2n) is 8.76. The van der Waals surface area contributed by atoms with Gasteiger partial charge in [-0.25, -0.2) is 0 Å². The smallest absolute Gasteiger partial charge is 0.234 e. The summed E-state index contributed by atoms with van der Waals surface area (Å²) in [5.41, 5.74) is 2.74. The number of carbonyl (C=O) groups excluding carboxylic acids is 1. The molecule has 0 spiro atoms. The van der Waals surface area contributed by atoms with Crippen LogP contribution >= 0.6 is 35.0 Å². The van der Waals surface area contributed by atoms with Crippen molar-refractivity contribution < 1.29 is 9.21 Å². The molecule has 2 heterocycles. The van der Waals surface area contributed by atoms with Crippen molar-refractivity contribution in [2.24, 2.45) is 0 Å². The van der Waals surface area contributed by atoms with Crippen molar-refractivity contribution >= 4 is 46.6 Å². The lowest BCUT2D eigenvalue weighted by Gasteiger charge is -2.19. The van der Waals surface area contributed by atoms with Crippen LogP contribution in [0.3, 0.4) is 0 Å². The zero-order chi connectivity index (χ0) is 24.3. The molecule has 0 fully saturated rings. The van der Waals surface area contributed by atoms with Crippen LogP contribution in [0.4, 0.5) is 5.69 Å². The van der Waals surface area contributed by atoms with Crippen LogP contribution < -0.4 is 5.32 Å². The van der Waals surface area contributed by atoms with Crippen molar-refractivity contribution in [1.82, 2.24) is 14.8 Å². The van der Waals surface area contributed by atoms with Gasteiger partial charge in [0.25, 0.3) is 0 Å². The fraction of sp³-hybridized carbons (Fsp3) is 0.240. The van der Waals surface area contributed by atoms with Crippen LogP contribution in [0.1, 0.15) is 32.1 Å². The van der Waals surface area contributed by atoms with E-state index in [4.69, 9.17) is 27.6 Å². The van der Waals surface area contributed by atoms with E-state index in [1.54, 1.807) is 24.5 Å². The van der Waals surface area contributed by atoms with Gasteiger partial charge in [0.05, 0.1) is 29.3 Å². The second-order valence-corrected chi connectivity index (χ2v) is 10.5. The second kappa shape index (κ2) is 10.3. The number of rotatable bonds is 7. The molecular weight excluding hydrogens is 491 g/mol. The first-order valence-corrected chi connectivity index (χ1v) is 12.4. The Morgan fingerprint density at radius 2 is 1.85 bits per heavy atom. The lowest BCUT2D eigenvalue weighted by molar-refractivity contribution is -0.113. The highest BCUT2D eigenvalue weighted by Crippen LogP contribution is 2.29. The minimum absolute atomic E-state index is 0.0573. The van der Waals surface area contributed by atoms with Gasteiger partial charge in [0.2, 0.25) is 5.91 Å². The Bertz CT molecular complexity index is 1280. The highest BCUT2D eigenvalue weighted by atomic mass is 35.5. The quantitative estimate of drug-likeness (QED) is 0.271. The van der Waals surface area contributed by atoms with Crippen LogP contribution in [0.25, 0.3) is 11.4 Å². The lowest BCUT2D eigenvalue weighted by Crippen LogP contribution is -2.15. The molecule has 0 saturated carbocycles. The van der Waals surface area contributed by atoms with E-state index in [2.05, 4.69) is 48.4 Å². The number of thioether (sulfide) groups is 1. The minimum atomic E-state index is -0.210. The van der Waals surface area contributed by atoms with Gasteiger partial charge in [-0.15, -0.1) is 10.2 Å². The van der Waals surface area contributed by atoms with E-state index in [1.165, 1.54) is 17.3 Å². The maximum Gasteiger partial charge on any atom is 0.234 e. The Morgan fingerprint density at radius 3 is 2.50 bits per heavy atom. The van der Waals surface area contributed by atoms with Crippen molar-refractivity contribution in [3.63, 3.8) is 0 Å². The van der Waals surface area contributed by atoms with E-state index in [1.807, 2.05) is 28.8 Å². The molecule has 0 atom stereocenters. The number of benzene rings is 2. The van der Waals surface area contributed by atoms with Crippen molar-refractivity contribution in [3.05, 3.63) is 82.2 Å². The molecule has 1 N–H and O–H groups in total. The summed E-state index contributed by atoms with van der Waals surface area (Å²) in [5.74, 6) is 1.41. The maximum atomic E-state index is 12.6. The number of furan rings is 1. The molecule has 4 aromatic rings. The van der Waals surface area contributed by atoms with Crippen LogP contribution in [0.2, 0.25) is 10.0 Å². The third-order valence-electron chi connectivity index (χ3n) is 5.16. The van der Waals surface area contributed by atoms with Gasteiger partial charge in [0.15, 0.2) is 11.0 Å². The standard InChI is InChI=1S/C25H24Cl2N4O2S/c1-25(2,3)17-8-6-16(7-9-17)23-29-30-24(31(23)14-19-5-4-12-33-19)34-15-22(32)28-21-11-10-18(26)13-20(21)27/h4-13H,14-15H2,1-3H3,(H,28,32). The maximum absolute atomic E-state index is 12.6. The Morgan fingerprint density at radius 1 is 1.09 bits per heavy atom. The predicted molar refractivity (Wildman–Crippen MR) is 138 cm³/mol. The van der Waals surface area contributed by atoms with Gasteiger partial charge in [-0.05, 0) is 41.3 Å². The molecule has 2 aromatic heterocycles. The Hall–Kier alpha value is -2.74. The summed E-state index contributed by atoms with van der Waals surface area (Å²) in [7, 11) is 0. The fourth-order valence-electron chi connectivity index (χ4n) is 3.34. The molecule has 176 valence electrons. The summed E-state index contributed by atoms with van der Waals surface area (Å²) in [4.78, 5) is 12.6. The third-order valence-corrected chi connectivity index (χ3v) is 6.67. The SMILES string of the molecule is CC(C)(C)c1ccc(-c2nnc(SCC(=O)Nc3ccc(Cl)cc3Cl)n2Cc2ccco2)cc1. The molecule has 0 bridgehead atoms. The molecule has 0 aliphatic rings. The predicted octanol–water partition coefficient (Wildman–Crippen LogP) is 6.92. The van der Waals surface area contributed by atoms with Crippen molar-refractivity contribution in [2.75, 3.05) is 11.1 Å². The topological polar surface area (TPSA) is 73.0 Å². The first kappa shape index (κ1) is 24.4. The van der Waals surface area contributed by atoms with E-state index in [0.29, 0.717) is 33.3 Å². The summed E-state index contributed by atoms with van der Waals surface area (Å²) in [6.45, 7) is 6.98.